The van der Waals surface area contributed by atoms with E-state index in [9.17, 15) is 22.8 Å². The average molecular weight is 485 g/mol. The highest BCUT2D eigenvalue weighted by Gasteiger charge is 2.51. The van der Waals surface area contributed by atoms with Gasteiger partial charge in [0.25, 0.3) is 5.91 Å². The Balaban J connectivity index is 1.75. The van der Waals surface area contributed by atoms with Crippen LogP contribution < -0.4 is 10.6 Å². The van der Waals surface area contributed by atoms with Gasteiger partial charge in [-0.05, 0) is 31.0 Å². The maximum absolute atomic E-state index is 13.0. The molecule has 1 saturated carbocycles. The molecule has 1 aliphatic heterocycles. The predicted molar refractivity (Wildman–Crippen MR) is 121 cm³/mol. The third kappa shape index (κ3) is 4.77. The van der Waals surface area contributed by atoms with Gasteiger partial charge in [-0.15, -0.1) is 0 Å². The summed E-state index contributed by atoms with van der Waals surface area (Å²) >= 11 is 6.16. The van der Waals surface area contributed by atoms with Crippen molar-refractivity contribution >= 4 is 45.2 Å². The van der Waals surface area contributed by atoms with E-state index in [-0.39, 0.29) is 21.5 Å². The Kier molecular flexibility index (Phi) is 7.46. The molecule has 1 spiro atoms. The Morgan fingerprint density at radius 3 is 2.38 bits per heavy atom. The second-order valence-electron chi connectivity index (χ2n) is 8.10. The zero-order valence-corrected chi connectivity index (χ0v) is 19.9. The summed E-state index contributed by atoms with van der Waals surface area (Å²) in [6.07, 6.45) is 4.83. The summed E-state index contributed by atoms with van der Waals surface area (Å²) in [4.78, 5) is 39.0. The van der Waals surface area contributed by atoms with Gasteiger partial charge < -0.3 is 10.6 Å². The largest absolute Gasteiger partial charge is 0.325 e. The molecule has 1 aromatic rings. The monoisotopic (exact) mass is 484 g/mol. The summed E-state index contributed by atoms with van der Waals surface area (Å²) in [5, 5.41) is 5.48. The van der Waals surface area contributed by atoms with Crippen LogP contribution in [-0.2, 0) is 19.6 Å². The van der Waals surface area contributed by atoms with Crippen molar-refractivity contribution in [3.8, 4) is 0 Å². The van der Waals surface area contributed by atoms with Gasteiger partial charge in [0.05, 0.1) is 15.6 Å². The number of anilines is 1. The minimum atomic E-state index is -3.74. The molecule has 9 nitrogen and oxygen atoms in total. The molecule has 2 aliphatic rings. The van der Waals surface area contributed by atoms with E-state index in [1.165, 1.54) is 22.5 Å². The molecule has 2 N–H and O–H groups in total. The van der Waals surface area contributed by atoms with Gasteiger partial charge in [0.1, 0.15) is 12.1 Å². The standard InChI is InChI=1S/C21H29ClN4O5S/c1-3-25(4-2)32(30,31)15-9-10-16(22)17(13-15)23-18(27)14-26-19(28)21(24-20(26)29)11-7-5-6-8-12-21/h9-10,13H,3-8,11-12,14H2,1-2H3,(H,23,27)(H,24,29). The van der Waals surface area contributed by atoms with Crippen molar-refractivity contribution in [3.63, 3.8) is 0 Å². The quantitative estimate of drug-likeness (QED) is 0.577. The van der Waals surface area contributed by atoms with E-state index in [2.05, 4.69) is 10.6 Å². The van der Waals surface area contributed by atoms with Crippen molar-refractivity contribution < 1.29 is 22.8 Å². The van der Waals surface area contributed by atoms with Gasteiger partial charge in [-0.25, -0.2) is 13.2 Å². The molecule has 11 heteroatoms. The molecule has 0 radical (unpaired) electrons. The van der Waals surface area contributed by atoms with E-state index in [1.54, 1.807) is 13.8 Å². The van der Waals surface area contributed by atoms with Gasteiger partial charge >= 0.3 is 6.03 Å². The Labute approximate surface area is 193 Å². The Bertz CT molecular complexity index is 1000. The van der Waals surface area contributed by atoms with Crippen molar-refractivity contribution in [1.82, 2.24) is 14.5 Å². The maximum atomic E-state index is 13.0. The van der Waals surface area contributed by atoms with Crippen LogP contribution in [0.3, 0.4) is 0 Å². The summed E-state index contributed by atoms with van der Waals surface area (Å²) in [6.45, 7) is 3.60. The van der Waals surface area contributed by atoms with Crippen LogP contribution in [0.15, 0.2) is 23.1 Å². The highest BCUT2D eigenvalue weighted by atomic mass is 35.5. The van der Waals surface area contributed by atoms with E-state index in [0.717, 1.165) is 30.6 Å². The minimum Gasteiger partial charge on any atom is -0.323 e. The molecule has 1 aliphatic carbocycles. The van der Waals surface area contributed by atoms with Crippen LogP contribution in [0, 0.1) is 0 Å². The van der Waals surface area contributed by atoms with Gasteiger partial charge in [-0.1, -0.05) is 51.1 Å². The van der Waals surface area contributed by atoms with E-state index in [0.29, 0.717) is 25.9 Å². The van der Waals surface area contributed by atoms with Crippen LogP contribution in [0.2, 0.25) is 5.02 Å². The Morgan fingerprint density at radius 1 is 1.16 bits per heavy atom. The van der Waals surface area contributed by atoms with E-state index >= 15 is 0 Å². The molecule has 3 rings (SSSR count). The highest BCUT2D eigenvalue weighted by Crippen LogP contribution is 2.33. The third-order valence-corrected chi connectivity index (χ3v) is 8.44. The number of sulfonamides is 1. The molecule has 1 aromatic carbocycles. The van der Waals surface area contributed by atoms with Gasteiger partial charge in [0.15, 0.2) is 0 Å². The highest BCUT2D eigenvalue weighted by molar-refractivity contribution is 7.89. The number of urea groups is 1. The van der Waals surface area contributed by atoms with Gasteiger partial charge in [-0.2, -0.15) is 4.31 Å². The molecule has 2 fully saturated rings. The fourth-order valence-electron chi connectivity index (χ4n) is 4.30. The van der Waals surface area contributed by atoms with Crippen LogP contribution in [0.5, 0.6) is 0 Å². The Hall–Kier alpha value is -2.17. The summed E-state index contributed by atoms with van der Waals surface area (Å²) in [5.41, 5.74) is -0.829. The first kappa shape index (κ1) is 24.5. The summed E-state index contributed by atoms with van der Waals surface area (Å²) in [7, 11) is -3.74. The number of amides is 4. The molecule has 1 saturated heterocycles. The van der Waals surface area contributed by atoms with Crippen LogP contribution in [0.1, 0.15) is 52.4 Å². The molecule has 4 amide bonds. The smallest absolute Gasteiger partial charge is 0.323 e. The van der Waals surface area contributed by atoms with Crippen LogP contribution >= 0.6 is 11.6 Å². The second-order valence-corrected chi connectivity index (χ2v) is 10.4. The van der Waals surface area contributed by atoms with E-state index in [4.69, 9.17) is 11.6 Å². The number of hydrogen-bond acceptors (Lipinski definition) is 5. The van der Waals surface area contributed by atoms with Crippen LogP contribution in [-0.4, -0.2) is 60.6 Å². The number of halogens is 1. The molecule has 1 heterocycles. The molecule has 0 bridgehead atoms. The zero-order chi connectivity index (χ0) is 23.5. The first-order valence-corrected chi connectivity index (χ1v) is 12.7. The lowest BCUT2D eigenvalue weighted by atomic mass is 9.90. The Morgan fingerprint density at radius 2 is 1.78 bits per heavy atom. The summed E-state index contributed by atoms with van der Waals surface area (Å²) in [6, 6.07) is 3.46. The first-order chi connectivity index (χ1) is 15.1. The molecule has 0 atom stereocenters. The lowest BCUT2D eigenvalue weighted by Gasteiger charge is -2.24. The van der Waals surface area contributed by atoms with Crippen molar-refractivity contribution in [2.24, 2.45) is 0 Å². The first-order valence-electron chi connectivity index (χ1n) is 10.9. The number of nitrogens with zero attached hydrogens (tertiary/aromatic N) is 2. The van der Waals surface area contributed by atoms with Crippen molar-refractivity contribution in [2.45, 2.75) is 62.8 Å². The van der Waals surface area contributed by atoms with Crippen LogP contribution in [0.4, 0.5) is 10.5 Å². The van der Waals surface area contributed by atoms with Gasteiger partial charge in [0, 0.05) is 13.1 Å². The fraction of sp³-hybridized carbons (Fsp3) is 0.571. The van der Waals surface area contributed by atoms with E-state index in [1.807, 2.05) is 0 Å². The molecular formula is C21H29ClN4O5S. The van der Waals surface area contributed by atoms with Gasteiger partial charge in [0.2, 0.25) is 15.9 Å². The molecule has 32 heavy (non-hydrogen) atoms. The van der Waals surface area contributed by atoms with Crippen molar-refractivity contribution in [3.05, 3.63) is 23.2 Å². The number of carbonyl (C=O) groups is 3. The number of carbonyl (C=O) groups excluding carboxylic acids is 3. The number of benzene rings is 1. The van der Waals surface area contributed by atoms with E-state index < -0.39 is 34.0 Å². The lowest BCUT2D eigenvalue weighted by molar-refractivity contribution is -0.134. The number of nitrogens with one attached hydrogen (secondary N) is 2. The molecule has 0 unspecified atom stereocenters. The molecule has 0 aromatic heterocycles. The normalized spacial score (nSPS) is 18.7. The number of hydrogen-bond donors (Lipinski definition) is 2. The van der Waals surface area contributed by atoms with Crippen molar-refractivity contribution in [2.75, 3.05) is 25.0 Å². The number of imide groups is 1. The zero-order valence-electron chi connectivity index (χ0n) is 18.3. The van der Waals surface area contributed by atoms with Crippen LogP contribution in [0.25, 0.3) is 0 Å². The summed E-state index contributed by atoms with van der Waals surface area (Å²) in [5.74, 6) is -1.03. The SMILES string of the molecule is CCN(CC)S(=O)(=O)c1ccc(Cl)c(NC(=O)CN2C(=O)NC3(CCCCCC3)C2=O)c1. The topological polar surface area (TPSA) is 116 Å². The molecule has 176 valence electrons. The maximum Gasteiger partial charge on any atom is 0.325 e. The second kappa shape index (κ2) is 9.76. The predicted octanol–water partition coefficient (Wildman–Crippen LogP) is 2.95. The average Bonchev–Trinajstić information content (AvgIpc) is 2.90. The van der Waals surface area contributed by atoms with Gasteiger partial charge in [-0.3, -0.25) is 14.5 Å². The lowest BCUT2D eigenvalue weighted by Crippen LogP contribution is -2.47. The molecular weight excluding hydrogens is 456 g/mol. The number of rotatable bonds is 7. The minimum absolute atomic E-state index is 0.00620. The fourth-order valence-corrected chi connectivity index (χ4v) is 5.95. The summed E-state index contributed by atoms with van der Waals surface area (Å²) < 4.78 is 26.8. The van der Waals surface area contributed by atoms with Crippen molar-refractivity contribution in [1.29, 1.82) is 0 Å². The third-order valence-electron chi connectivity index (χ3n) is 6.06.